The Balaban J connectivity index is 1.93. The maximum atomic E-state index is 11.9. The summed E-state index contributed by atoms with van der Waals surface area (Å²) in [7, 11) is 0. The van der Waals surface area contributed by atoms with Gasteiger partial charge in [0.15, 0.2) is 6.20 Å². The van der Waals surface area contributed by atoms with Crippen LogP contribution in [-0.4, -0.2) is 11.7 Å². The van der Waals surface area contributed by atoms with Gasteiger partial charge in [-0.3, -0.25) is 4.79 Å². The van der Waals surface area contributed by atoms with Crippen LogP contribution >= 0.6 is 11.8 Å². The van der Waals surface area contributed by atoms with Crippen molar-refractivity contribution in [2.45, 2.75) is 24.8 Å². The standard InChI is InChI=1S/C16H18N2O2S/c1-12(2)13-6-5-7-14(10-13)17-15(19)11-21-16-8-3-4-9-18(16)20/h3-10,12H,11H2,1-2H3,(H,17,19). The van der Waals surface area contributed by atoms with E-state index in [0.717, 1.165) is 10.4 Å². The summed E-state index contributed by atoms with van der Waals surface area (Å²) in [5.41, 5.74) is 1.97. The van der Waals surface area contributed by atoms with Crippen LogP contribution in [0.15, 0.2) is 53.7 Å². The SMILES string of the molecule is CC(C)c1cccc(NC(=O)CSc2cccc[n+]2[O-])c1. The molecule has 5 heteroatoms. The first kappa shape index (κ1) is 15.4. The second-order valence-corrected chi connectivity index (χ2v) is 5.98. The number of anilines is 1. The molecule has 0 saturated carbocycles. The van der Waals surface area contributed by atoms with E-state index in [1.165, 1.54) is 23.5 Å². The molecule has 2 aromatic rings. The van der Waals surface area contributed by atoms with E-state index in [0.29, 0.717) is 10.9 Å². The van der Waals surface area contributed by atoms with E-state index in [1.54, 1.807) is 18.2 Å². The smallest absolute Gasteiger partial charge is 0.251 e. The van der Waals surface area contributed by atoms with E-state index < -0.39 is 0 Å². The fraction of sp³-hybridized carbons (Fsp3) is 0.250. The predicted octanol–water partition coefficient (Wildman–Crippen LogP) is 3.17. The van der Waals surface area contributed by atoms with Gasteiger partial charge >= 0.3 is 0 Å². The van der Waals surface area contributed by atoms with Gasteiger partial charge < -0.3 is 10.5 Å². The minimum atomic E-state index is -0.121. The monoisotopic (exact) mass is 302 g/mol. The van der Waals surface area contributed by atoms with Crippen LogP contribution in [0.4, 0.5) is 5.69 Å². The van der Waals surface area contributed by atoms with Crippen LogP contribution in [0.2, 0.25) is 0 Å². The average molecular weight is 302 g/mol. The molecule has 4 nitrogen and oxygen atoms in total. The van der Waals surface area contributed by atoms with E-state index in [2.05, 4.69) is 19.2 Å². The van der Waals surface area contributed by atoms with Crippen molar-refractivity contribution in [3.05, 3.63) is 59.4 Å². The number of carbonyl (C=O) groups excluding carboxylic acids is 1. The highest BCUT2D eigenvalue weighted by atomic mass is 32.2. The van der Waals surface area contributed by atoms with Gasteiger partial charge in [-0.15, -0.1) is 0 Å². The first-order valence-corrected chi connectivity index (χ1v) is 7.75. The molecule has 1 aromatic heterocycles. The molecule has 21 heavy (non-hydrogen) atoms. The van der Waals surface area contributed by atoms with E-state index in [1.807, 2.05) is 24.3 Å². The number of thioether (sulfide) groups is 1. The summed E-state index contributed by atoms with van der Waals surface area (Å²) in [6.45, 7) is 4.22. The molecule has 1 aromatic carbocycles. The number of benzene rings is 1. The number of hydrogen-bond donors (Lipinski definition) is 1. The van der Waals surface area contributed by atoms with Gasteiger partial charge in [0.25, 0.3) is 5.03 Å². The first-order chi connectivity index (χ1) is 10.1. The van der Waals surface area contributed by atoms with Crippen LogP contribution in [0.5, 0.6) is 0 Å². The van der Waals surface area contributed by atoms with Gasteiger partial charge in [0.05, 0.1) is 5.75 Å². The Morgan fingerprint density at radius 1 is 1.29 bits per heavy atom. The molecule has 0 radical (unpaired) electrons. The van der Waals surface area contributed by atoms with Gasteiger partial charge in [-0.05, 0) is 41.4 Å². The molecule has 0 bridgehead atoms. The summed E-state index contributed by atoms with van der Waals surface area (Å²) in [4.78, 5) is 11.9. The Morgan fingerprint density at radius 3 is 2.81 bits per heavy atom. The highest BCUT2D eigenvalue weighted by Crippen LogP contribution is 2.19. The van der Waals surface area contributed by atoms with Crippen molar-refractivity contribution in [3.8, 4) is 0 Å². The van der Waals surface area contributed by atoms with Gasteiger partial charge in [0.1, 0.15) is 0 Å². The van der Waals surface area contributed by atoms with Gasteiger partial charge in [0, 0.05) is 17.8 Å². The molecule has 1 heterocycles. The molecule has 0 fully saturated rings. The summed E-state index contributed by atoms with van der Waals surface area (Å²) in [6.07, 6.45) is 1.42. The zero-order chi connectivity index (χ0) is 15.2. The third-order valence-electron chi connectivity index (χ3n) is 2.98. The van der Waals surface area contributed by atoms with Crippen LogP contribution in [0.3, 0.4) is 0 Å². The van der Waals surface area contributed by atoms with E-state index in [-0.39, 0.29) is 11.7 Å². The molecule has 0 aliphatic heterocycles. The highest BCUT2D eigenvalue weighted by molar-refractivity contribution is 7.99. The van der Waals surface area contributed by atoms with Crippen molar-refractivity contribution in [3.63, 3.8) is 0 Å². The lowest BCUT2D eigenvalue weighted by Crippen LogP contribution is -2.28. The number of hydrogen-bond acceptors (Lipinski definition) is 3. The van der Waals surface area contributed by atoms with Gasteiger partial charge in [-0.2, -0.15) is 4.73 Å². The van der Waals surface area contributed by atoms with Gasteiger partial charge in [-0.25, -0.2) is 0 Å². The molecule has 1 N–H and O–H groups in total. The Bertz CT molecular complexity index is 629. The lowest BCUT2D eigenvalue weighted by molar-refractivity contribution is -0.645. The lowest BCUT2D eigenvalue weighted by Gasteiger charge is -2.09. The van der Waals surface area contributed by atoms with Crippen molar-refractivity contribution in [1.82, 2.24) is 0 Å². The molecule has 2 rings (SSSR count). The summed E-state index contributed by atoms with van der Waals surface area (Å²) in [6, 6.07) is 13.0. The predicted molar refractivity (Wildman–Crippen MR) is 85.3 cm³/mol. The molecule has 0 spiro atoms. The zero-order valence-corrected chi connectivity index (χ0v) is 12.9. The summed E-state index contributed by atoms with van der Waals surface area (Å²) in [5.74, 6) is 0.503. The molecule has 0 unspecified atom stereocenters. The number of amides is 1. The number of nitrogens with zero attached hydrogens (tertiary/aromatic N) is 1. The minimum Gasteiger partial charge on any atom is -0.618 e. The Labute approximate surface area is 128 Å². The first-order valence-electron chi connectivity index (χ1n) is 6.77. The Hall–Kier alpha value is -2.01. The zero-order valence-electron chi connectivity index (χ0n) is 12.1. The fourth-order valence-corrected chi connectivity index (χ4v) is 2.55. The molecule has 0 aliphatic rings. The van der Waals surface area contributed by atoms with Gasteiger partial charge in [0.2, 0.25) is 5.91 Å². The molecule has 0 aliphatic carbocycles. The maximum absolute atomic E-state index is 11.9. The molecule has 0 atom stereocenters. The van der Waals surface area contributed by atoms with Crippen LogP contribution in [0, 0.1) is 5.21 Å². The number of pyridine rings is 1. The molecular weight excluding hydrogens is 284 g/mol. The van der Waals surface area contributed by atoms with E-state index in [4.69, 9.17) is 0 Å². The lowest BCUT2D eigenvalue weighted by atomic mass is 10.0. The normalized spacial score (nSPS) is 10.6. The summed E-state index contributed by atoms with van der Waals surface area (Å²) < 4.78 is 0.761. The fourth-order valence-electron chi connectivity index (χ4n) is 1.84. The van der Waals surface area contributed by atoms with Crippen molar-refractivity contribution in [2.75, 3.05) is 11.1 Å². The Morgan fingerprint density at radius 2 is 2.10 bits per heavy atom. The Kier molecular flexibility index (Phi) is 5.22. The van der Waals surface area contributed by atoms with E-state index >= 15 is 0 Å². The molecule has 1 amide bonds. The van der Waals surface area contributed by atoms with Gasteiger partial charge in [-0.1, -0.05) is 26.0 Å². The summed E-state index contributed by atoms with van der Waals surface area (Å²) in [5, 5.41) is 14.8. The molecule has 0 saturated heterocycles. The third kappa shape index (κ3) is 4.49. The third-order valence-corrected chi connectivity index (χ3v) is 4.00. The van der Waals surface area contributed by atoms with Crippen LogP contribution in [-0.2, 0) is 4.79 Å². The number of carbonyl (C=O) groups is 1. The average Bonchev–Trinajstić information content (AvgIpc) is 2.46. The van der Waals surface area contributed by atoms with Crippen molar-refractivity contribution >= 4 is 23.4 Å². The largest absolute Gasteiger partial charge is 0.618 e. The maximum Gasteiger partial charge on any atom is 0.251 e. The topological polar surface area (TPSA) is 56.0 Å². The van der Waals surface area contributed by atoms with Crippen LogP contribution < -0.4 is 10.0 Å². The second-order valence-electron chi connectivity index (χ2n) is 4.98. The number of aromatic nitrogens is 1. The van der Waals surface area contributed by atoms with Crippen molar-refractivity contribution in [1.29, 1.82) is 0 Å². The van der Waals surface area contributed by atoms with E-state index in [9.17, 15) is 10.0 Å². The van der Waals surface area contributed by atoms with Crippen LogP contribution in [0.25, 0.3) is 0 Å². The number of nitrogens with one attached hydrogen (secondary N) is 1. The van der Waals surface area contributed by atoms with Crippen LogP contribution in [0.1, 0.15) is 25.3 Å². The quantitative estimate of drug-likeness (QED) is 0.524. The van der Waals surface area contributed by atoms with Crippen molar-refractivity contribution < 1.29 is 9.52 Å². The second kappa shape index (κ2) is 7.13. The minimum absolute atomic E-state index is 0.121. The molecule has 110 valence electrons. The van der Waals surface area contributed by atoms with Crippen molar-refractivity contribution in [2.24, 2.45) is 0 Å². The summed E-state index contributed by atoms with van der Waals surface area (Å²) >= 11 is 1.22. The highest BCUT2D eigenvalue weighted by Gasteiger charge is 2.09. The number of rotatable bonds is 5. The molecular formula is C16H18N2O2S.